The van der Waals surface area contributed by atoms with Crippen molar-refractivity contribution in [3.05, 3.63) is 0 Å². The molecule has 0 amide bonds. The van der Waals surface area contributed by atoms with Gasteiger partial charge in [-0.25, -0.2) is 0 Å². The van der Waals surface area contributed by atoms with Crippen molar-refractivity contribution in [1.29, 1.82) is 0 Å². The number of rotatable bonds is 3. The molecule has 0 aliphatic heterocycles. The van der Waals surface area contributed by atoms with Crippen LogP contribution in [-0.4, -0.2) is 19.0 Å². The van der Waals surface area contributed by atoms with Gasteiger partial charge in [0, 0.05) is 13.0 Å². The third kappa shape index (κ3) is 1.04. The monoisotopic (exact) mass is 196 g/mol. The minimum absolute atomic E-state index is 0.145. The Labute approximate surface area is 86.0 Å². The Kier molecular flexibility index (Phi) is 2.22. The largest absolute Gasteiger partial charge is 0.381 e. The van der Waals surface area contributed by atoms with Crippen LogP contribution < -0.4 is 0 Å². The molecule has 0 heterocycles. The lowest BCUT2D eigenvalue weighted by atomic mass is 9.69. The van der Waals surface area contributed by atoms with Gasteiger partial charge >= 0.3 is 0 Å². The standard InChI is InChI=1S/C12H20O2/c1-4-14-8-12-6-5-9(7-10(12)13)11(12,2)3/h9H,4-8H2,1-3H3. The summed E-state index contributed by atoms with van der Waals surface area (Å²) in [5, 5.41) is 0. The van der Waals surface area contributed by atoms with Crippen molar-refractivity contribution in [2.24, 2.45) is 16.7 Å². The summed E-state index contributed by atoms with van der Waals surface area (Å²) >= 11 is 0. The molecule has 2 aliphatic carbocycles. The summed E-state index contributed by atoms with van der Waals surface area (Å²) in [5.41, 5.74) is 0.0208. The highest BCUT2D eigenvalue weighted by atomic mass is 16.5. The smallest absolute Gasteiger partial charge is 0.142 e. The van der Waals surface area contributed by atoms with E-state index in [0.717, 1.165) is 19.4 Å². The summed E-state index contributed by atoms with van der Waals surface area (Å²) in [6, 6.07) is 0. The number of ketones is 1. The molecular formula is C12H20O2. The van der Waals surface area contributed by atoms with E-state index in [9.17, 15) is 4.79 Å². The molecule has 0 aromatic carbocycles. The molecule has 2 aliphatic rings. The van der Waals surface area contributed by atoms with Crippen LogP contribution in [0.4, 0.5) is 0 Å². The second kappa shape index (κ2) is 3.06. The Morgan fingerprint density at radius 3 is 2.64 bits per heavy atom. The number of hydrogen-bond acceptors (Lipinski definition) is 2. The van der Waals surface area contributed by atoms with Crippen molar-refractivity contribution in [2.45, 2.75) is 40.0 Å². The van der Waals surface area contributed by atoms with E-state index >= 15 is 0 Å². The van der Waals surface area contributed by atoms with Crippen LogP contribution in [-0.2, 0) is 9.53 Å². The van der Waals surface area contributed by atoms with Crippen molar-refractivity contribution in [3.8, 4) is 0 Å². The van der Waals surface area contributed by atoms with Crippen LogP contribution in [0, 0.1) is 16.7 Å². The maximum Gasteiger partial charge on any atom is 0.142 e. The first-order chi connectivity index (χ1) is 6.54. The number of carbonyl (C=O) groups excluding carboxylic acids is 1. The predicted octanol–water partition coefficient (Wildman–Crippen LogP) is 2.42. The van der Waals surface area contributed by atoms with Gasteiger partial charge in [-0.1, -0.05) is 13.8 Å². The van der Waals surface area contributed by atoms with E-state index in [-0.39, 0.29) is 10.8 Å². The minimum atomic E-state index is -0.145. The summed E-state index contributed by atoms with van der Waals surface area (Å²) in [5.74, 6) is 1.06. The first-order valence-electron chi connectivity index (χ1n) is 5.65. The van der Waals surface area contributed by atoms with Gasteiger partial charge in [0.25, 0.3) is 0 Å². The fourth-order valence-electron chi connectivity index (χ4n) is 3.38. The highest BCUT2D eigenvalue weighted by Gasteiger charge is 2.64. The zero-order valence-electron chi connectivity index (χ0n) is 9.43. The van der Waals surface area contributed by atoms with E-state index in [1.807, 2.05) is 6.92 Å². The summed E-state index contributed by atoms with van der Waals surface area (Å²) in [4.78, 5) is 12.0. The van der Waals surface area contributed by atoms with Gasteiger partial charge in [0.2, 0.25) is 0 Å². The van der Waals surface area contributed by atoms with Crippen LogP contribution in [0.5, 0.6) is 0 Å². The highest BCUT2D eigenvalue weighted by molar-refractivity contribution is 5.89. The SMILES string of the molecule is CCOCC12CCC(CC1=O)C2(C)C. The van der Waals surface area contributed by atoms with E-state index in [1.165, 1.54) is 6.42 Å². The molecule has 2 saturated carbocycles. The second-order valence-corrected chi connectivity index (χ2v) is 5.30. The van der Waals surface area contributed by atoms with Crippen molar-refractivity contribution in [3.63, 3.8) is 0 Å². The first kappa shape index (κ1) is 10.2. The quantitative estimate of drug-likeness (QED) is 0.693. The first-order valence-corrected chi connectivity index (χ1v) is 5.65. The third-order valence-corrected chi connectivity index (χ3v) is 4.69. The lowest BCUT2D eigenvalue weighted by Gasteiger charge is -2.36. The van der Waals surface area contributed by atoms with Gasteiger partial charge in [-0.2, -0.15) is 0 Å². The lowest BCUT2D eigenvalue weighted by Crippen LogP contribution is -2.40. The maximum atomic E-state index is 12.0. The Hall–Kier alpha value is -0.370. The fraction of sp³-hybridized carbons (Fsp3) is 0.917. The van der Waals surface area contributed by atoms with Gasteiger partial charge in [0.1, 0.15) is 5.78 Å². The topological polar surface area (TPSA) is 26.3 Å². The van der Waals surface area contributed by atoms with Crippen LogP contribution in [0.1, 0.15) is 40.0 Å². The molecule has 2 heteroatoms. The molecule has 2 rings (SSSR count). The molecular weight excluding hydrogens is 176 g/mol. The molecule has 2 atom stereocenters. The number of ether oxygens (including phenoxy) is 1. The van der Waals surface area contributed by atoms with Gasteiger partial charge < -0.3 is 4.74 Å². The highest BCUT2D eigenvalue weighted by Crippen LogP contribution is 2.63. The predicted molar refractivity (Wildman–Crippen MR) is 55.1 cm³/mol. The molecule has 0 aromatic rings. The van der Waals surface area contributed by atoms with Gasteiger partial charge in [-0.15, -0.1) is 0 Å². The summed E-state index contributed by atoms with van der Waals surface area (Å²) < 4.78 is 5.52. The van der Waals surface area contributed by atoms with Gasteiger partial charge in [0.05, 0.1) is 12.0 Å². The van der Waals surface area contributed by atoms with Crippen molar-refractivity contribution in [2.75, 3.05) is 13.2 Å². The molecule has 0 radical (unpaired) electrons. The second-order valence-electron chi connectivity index (χ2n) is 5.30. The normalized spacial score (nSPS) is 39.4. The number of hydrogen-bond donors (Lipinski definition) is 0. The molecule has 2 fully saturated rings. The molecule has 0 N–H and O–H groups in total. The minimum Gasteiger partial charge on any atom is -0.381 e. The van der Waals surface area contributed by atoms with Crippen LogP contribution in [0.15, 0.2) is 0 Å². The zero-order valence-corrected chi connectivity index (χ0v) is 9.43. The molecule has 2 nitrogen and oxygen atoms in total. The van der Waals surface area contributed by atoms with E-state index in [1.54, 1.807) is 0 Å². The van der Waals surface area contributed by atoms with Crippen LogP contribution in [0.3, 0.4) is 0 Å². The number of Topliss-reactive ketones (excluding diaryl/α,β-unsaturated/α-hetero) is 1. The molecule has 80 valence electrons. The number of fused-ring (bicyclic) bond motifs is 2. The summed E-state index contributed by atoms with van der Waals surface area (Å²) in [7, 11) is 0. The summed E-state index contributed by atoms with van der Waals surface area (Å²) in [6.07, 6.45) is 3.05. The summed E-state index contributed by atoms with van der Waals surface area (Å²) in [6.45, 7) is 7.85. The lowest BCUT2D eigenvalue weighted by molar-refractivity contribution is -0.134. The fourth-order valence-corrected chi connectivity index (χ4v) is 3.38. The average Bonchev–Trinajstić information content (AvgIpc) is 2.48. The van der Waals surface area contributed by atoms with Crippen LogP contribution in [0.25, 0.3) is 0 Å². The van der Waals surface area contributed by atoms with Crippen LogP contribution in [0.2, 0.25) is 0 Å². The number of carbonyl (C=O) groups is 1. The third-order valence-electron chi connectivity index (χ3n) is 4.69. The Bertz CT molecular complexity index is 257. The molecule has 2 unspecified atom stereocenters. The average molecular weight is 196 g/mol. The Balaban J connectivity index is 2.25. The molecule has 0 spiro atoms. The van der Waals surface area contributed by atoms with Crippen molar-refractivity contribution >= 4 is 5.78 Å². The van der Waals surface area contributed by atoms with Crippen molar-refractivity contribution in [1.82, 2.24) is 0 Å². The Morgan fingerprint density at radius 2 is 2.21 bits per heavy atom. The molecule has 0 aromatic heterocycles. The van der Waals surface area contributed by atoms with E-state index in [2.05, 4.69) is 13.8 Å². The van der Waals surface area contributed by atoms with E-state index in [4.69, 9.17) is 4.74 Å². The van der Waals surface area contributed by atoms with Gasteiger partial charge in [0.15, 0.2) is 0 Å². The van der Waals surface area contributed by atoms with Crippen LogP contribution >= 0.6 is 0 Å². The van der Waals surface area contributed by atoms with Gasteiger partial charge in [-0.3, -0.25) is 4.79 Å². The van der Waals surface area contributed by atoms with E-state index in [0.29, 0.717) is 18.3 Å². The molecule has 0 saturated heterocycles. The molecule has 14 heavy (non-hydrogen) atoms. The maximum absolute atomic E-state index is 12.0. The zero-order chi connectivity index (χ0) is 10.4. The van der Waals surface area contributed by atoms with Crippen molar-refractivity contribution < 1.29 is 9.53 Å². The molecule has 2 bridgehead atoms. The van der Waals surface area contributed by atoms with E-state index < -0.39 is 0 Å². The Morgan fingerprint density at radius 1 is 1.50 bits per heavy atom. The van der Waals surface area contributed by atoms with Gasteiger partial charge in [-0.05, 0) is 31.1 Å².